The number of para-hydroxylation sites is 4. The number of hydrogen-bond donors (Lipinski definition) is 0. The van der Waals surface area contributed by atoms with E-state index >= 15 is 0 Å². The Morgan fingerprint density at radius 2 is 1.33 bits per heavy atom. The SMILES string of the molecule is [2H]c1c([2H])c([2H])c(-c2cccc(-c3cc(C(C)(C)C)cc(C(C)(C)C)c3)c2-[n+]2[c-]n(-c3[c-]c(Oc4[c-]c5c(c([2H])c4[2H])c4c([2H])c([2H])c([2H])c([2H])c4n5-c4cc(C([2H])([2H])C(C)(C)C)ccn4)ccc3)c3ccccc32)c([2H])c1[2H].[Pt]. The zero-order valence-corrected chi connectivity index (χ0v) is 41.0. The summed E-state index contributed by atoms with van der Waals surface area (Å²) >= 11 is 0. The number of ether oxygens (including phenoxy) is 1. The Morgan fingerprint density at radius 1 is 0.642 bits per heavy atom. The quantitative estimate of drug-likeness (QED) is 0.112. The molecule has 0 fully saturated rings. The Balaban J connectivity index is 0.00000774. The van der Waals surface area contributed by atoms with E-state index in [0.29, 0.717) is 33.5 Å². The van der Waals surface area contributed by atoms with Crippen LogP contribution in [0.1, 0.15) is 96.8 Å². The third kappa shape index (κ3) is 9.02. The van der Waals surface area contributed by atoms with Gasteiger partial charge >= 0.3 is 0 Å². The third-order valence-corrected chi connectivity index (χ3v) is 11.4. The van der Waals surface area contributed by atoms with Gasteiger partial charge in [0, 0.05) is 48.4 Å². The summed E-state index contributed by atoms with van der Waals surface area (Å²) < 4.78 is 128. The Morgan fingerprint density at radius 3 is 2.06 bits per heavy atom. The molecule has 0 atom stereocenters. The second-order valence-electron chi connectivity index (χ2n) is 19.5. The van der Waals surface area contributed by atoms with Gasteiger partial charge in [-0.25, -0.2) is 4.98 Å². The number of aromatic nitrogens is 4. The Labute approximate surface area is 428 Å². The molecule has 67 heavy (non-hydrogen) atoms. The molecule has 0 amide bonds. The maximum atomic E-state index is 9.41. The molecule has 0 aliphatic rings. The molecule has 10 rings (SSSR count). The number of benzene rings is 7. The van der Waals surface area contributed by atoms with Crippen molar-refractivity contribution in [3.05, 3.63) is 199 Å². The van der Waals surface area contributed by atoms with Crippen LogP contribution in [0.3, 0.4) is 0 Å². The first-order valence-electron chi connectivity index (χ1n) is 28.4. The second-order valence-corrected chi connectivity index (χ2v) is 19.5. The molecule has 7 aromatic carbocycles. The van der Waals surface area contributed by atoms with Crippen LogP contribution < -0.4 is 9.30 Å². The summed E-state index contributed by atoms with van der Waals surface area (Å²) in [5.74, 6) is -0.0371. The van der Waals surface area contributed by atoms with E-state index in [1.807, 2.05) is 41.0 Å². The summed E-state index contributed by atoms with van der Waals surface area (Å²) in [5, 5.41) is -0.0258. The van der Waals surface area contributed by atoms with Crippen molar-refractivity contribution in [3.63, 3.8) is 0 Å². The van der Waals surface area contributed by atoms with Gasteiger partial charge in [0.1, 0.15) is 5.82 Å². The van der Waals surface area contributed by atoms with Crippen molar-refractivity contribution in [1.82, 2.24) is 14.1 Å². The number of imidazole rings is 1. The summed E-state index contributed by atoms with van der Waals surface area (Å²) in [6.07, 6.45) is 3.10. The maximum absolute atomic E-state index is 9.41. The molecule has 0 unspecified atom stereocenters. The first-order chi connectivity index (χ1) is 36.9. The first-order valence-corrected chi connectivity index (χ1v) is 21.9. The van der Waals surface area contributed by atoms with Gasteiger partial charge < -0.3 is 13.9 Å². The molecule has 0 saturated heterocycles. The topological polar surface area (TPSA) is 35.9 Å². The summed E-state index contributed by atoms with van der Waals surface area (Å²) in [6.45, 7) is 18.2. The summed E-state index contributed by atoms with van der Waals surface area (Å²) in [4.78, 5) is 4.57. The minimum Gasteiger partial charge on any atom is -0.510 e. The average molecular weight is 1070 g/mol. The van der Waals surface area contributed by atoms with Gasteiger partial charge in [-0.1, -0.05) is 177 Å². The Kier molecular flexibility index (Phi) is 8.45. The number of rotatable bonds is 8. The summed E-state index contributed by atoms with van der Waals surface area (Å²) in [5.41, 5.74) is 5.26. The van der Waals surface area contributed by atoms with E-state index < -0.39 is 66.2 Å². The van der Waals surface area contributed by atoms with Gasteiger partial charge in [0.15, 0.2) is 0 Å². The minimum atomic E-state index is -1.87. The number of hydrogen-bond acceptors (Lipinski definition) is 2. The maximum Gasteiger partial charge on any atom is 0.268 e. The molecule has 0 N–H and O–H groups in total. The second kappa shape index (κ2) is 17.6. The molecule has 6 heteroatoms. The van der Waals surface area contributed by atoms with Crippen molar-refractivity contribution >= 4 is 32.8 Å². The Hall–Kier alpha value is -6.55. The molecule has 3 heterocycles. The van der Waals surface area contributed by atoms with Crippen molar-refractivity contribution in [2.75, 3.05) is 0 Å². The molecule has 0 saturated carbocycles. The molecule has 0 radical (unpaired) electrons. The van der Waals surface area contributed by atoms with E-state index in [1.165, 1.54) is 16.8 Å². The molecule has 3 aromatic heterocycles. The van der Waals surface area contributed by atoms with E-state index in [1.54, 1.807) is 55.7 Å². The van der Waals surface area contributed by atoms with E-state index in [4.69, 9.17) is 17.1 Å². The van der Waals surface area contributed by atoms with Crippen molar-refractivity contribution < 1.29 is 48.2 Å². The first kappa shape index (κ1) is 32.2. The zero-order valence-electron chi connectivity index (χ0n) is 51.8. The van der Waals surface area contributed by atoms with E-state index in [0.717, 1.165) is 16.7 Å². The van der Waals surface area contributed by atoms with Crippen LogP contribution >= 0.6 is 0 Å². The fourth-order valence-corrected chi connectivity index (χ4v) is 8.22. The molecule has 0 spiro atoms. The van der Waals surface area contributed by atoms with Crippen LogP contribution in [-0.2, 0) is 38.3 Å². The third-order valence-electron chi connectivity index (χ3n) is 11.4. The molecular formula is C61H56N4OPt-2. The van der Waals surface area contributed by atoms with E-state index in [9.17, 15) is 5.48 Å². The largest absolute Gasteiger partial charge is 0.510 e. The average Bonchev–Trinajstić information content (AvgIpc) is 4.14. The van der Waals surface area contributed by atoms with Crippen molar-refractivity contribution in [2.45, 2.75) is 79.5 Å². The smallest absolute Gasteiger partial charge is 0.268 e. The molecule has 0 bridgehead atoms. The van der Waals surface area contributed by atoms with Crippen molar-refractivity contribution in [2.24, 2.45) is 5.41 Å². The van der Waals surface area contributed by atoms with Crippen LogP contribution in [-0.4, -0.2) is 14.1 Å². The molecular weight excluding hydrogens is 1000 g/mol. The fraction of sp³-hybridized carbons (Fsp3) is 0.213. The fourth-order valence-electron chi connectivity index (χ4n) is 8.22. The van der Waals surface area contributed by atoms with Gasteiger partial charge in [0.05, 0.1) is 29.1 Å². The van der Waals surface area contributed by atoms with Crippen molar-refractivity contribution in [1.29, 1.82) is 0 Å². The standard InChI is InChI=1S/C61H56N4O.Pt/c1-59(2,3)39-41-31-32-62-57(33-41)65-53-26-14-13-23-51(53)52-30-29-48(38-56(52)65)66-47-22-17-21-46(37-47)63-40-64(55-28-16-15-27-54(55)63)58-49(42-19-11-10-12-20-42)24-18-25-50(58)43-34-44(60(4,5)6)36-45(35-43)61(7,8)9;/h10-36H,39H2,1-9H3;/q-2;/i10D,11D,12D,13D,14D,19D,20D,23D,26D,29D,30D,39D2;. The van der Waals surface area contributed by atoms with Gasteiger partial charge in [-0.2, -0.15) is 18.2 Å². The Bertz CT molecular complexity index is 4130. The minimum absolute atomic E-state index is 0. The summed E-state index contributed by atoms with van der Waals surface area (Å²) in [6, 6.07) is 29.3. The zero-order chi connectivity index (χ0) is 57.3. The molecule has 10 aromatic rings. The van der Waals surface area contributed by atoms with Gasteiger partial charge in [-0.05, 0) is 92.2 Å². The van der Waals surface area contributed by atoms with Crippen LogP contribution in [0.4, 0.5) is 0 Å². The molecule has 0 aliphatic carbocycles. The van der Waals surface area contributed by atoms with E-state index in [2.05, 4.69) is 83.2 Å². The molecule has 0 aliphatic heterocycles. The van der Waals surface area contributed by atoms with Crippen LogP contribution in [0.15, 0.2) is 164 Å². The normalized spacial score (nSPS) is 15.1. The van der Waals surface area contributed by atoms with Crippen LogP contribution in [0.25, 0.3) is 72.3 Å². The number of nitrogens with zero attached hydrogens (tertiary/aromatic N) is 4. The van der Waals surface area contributed by atoms with Gasteiger partial charge in [0.2, 0.25) is 0 Å². The molecule has 338 valence electrons. The summed E-state index contributed by atoms with van der Waals surface area (Å²) in [7, 11) is 0. The van der Waals surface area contributed by atoms with Gasteiger partial charge in [0.25, 0.3) is 6.33 Å². The monoisotopic (exact) mass is 1070 g/mol. The van der Waals surface area contributed by atoms with Gasteiger partial charge in [-0.15, -0.1) is 29.6 Å². The van der Waals surface area contributed by atoms with Crippen molar-refractivity contribution in [3.8, 4) is 50.9 Å². The number of pyridine rings is 1. The molecule has 5 nitrogen and oxygen atoms in total. The van der Waals surface area contributed by atoms with Gasteiger partial charge in [-0.3, -0.25) is 4.57 Å². The number of fused-ring (bicyclic) bond motifs is 4. The van der Waals surface area contributed by atoms with E-state index in [-0.39, 0.29) is 94.2 Å². The van der Waals surface area contributed by atoms with Crippen LogP contribution in [0, 0.1) is 23.9 Å². The predicted octanol–water partition coefficient (Wildman–Crippen LogP) is 15.1. The van der Waals surface area contributed by atoms with Crippen LogP contribution in [0.5, 0.6) is 11.5 Å². The predicted molar refractivity (Wildman–Crippen MR) is 271 cm³/mol. The van der Waals surface area contributed by atoms with Crippen LogP contribution in [0.2, 0.25) is 0 Å².